The minimum Gasteiger partial charge on any atom is -0.313 e. The van der Waals surface area contributed by atoms with Gasteiger partial charge in [-0.15, -0.1) is 21.5 Å². The maximum atomic E-state index is 15.5. The second-order valence-corrected chi connectivity index (χ2v) is 8.62. The van der Waals surface area contributed by atoms with Crippen LogP contribution in [0.1, 0.15) is 34.0 Å². The van der Waals surface area contributed by atoms with Gasteiger partial charge in [-0.1, -0.05) is 24.3 Å². The van der Waals surface area contributed by atoms with Crippen LogP contribution in [0.2, 0.25) is 0 Å². The van der Waals surface area contributed by atoms with E-state index in [1.807, 2.05) is 18.2 Å². The first-order valence-corrected chi connectivity index (χ1v) is 10.7. The van der Waals surface area contributed by atoms with Crippen LogP contribution in [-0.4, -0.2) is 16.7 Å². The Morgan fingerprint density at radius 2 is 1.84 bits per heavy atom. The van der Waals surface area contributed by atoms with Gasteiger partial charge in [0.05, 0.1) is 5.69 Å². The summed E-state index contributed by atoms with van der Waals surface area (Å²) < 4.78 is 55.0. The molecule has 1 unspecified atom stereocenters. The molecule has 1 N–H and O–H groups in total. The standard InChI is InChI=1S/C23H17F4N3S/c24-22-16(18-7-8-21(30-29-18)23(25,26)27)6-5-14-15(9-10-28-12-17(14)22)20-11-13-3-1-2-4-19(13)31-20/h1-8,11,15,28H,9-10,12H2. The molecular weight excluding hydrogens is 426 g/mol. The summed E-state index contributed by atoms with van der Waals surface area (Å²) in [7, 11) is 0. The van der Waals surface area contributed by atoms with Crippen LogP contribution in [0.5, 0.6) is 0 Å². The lowest BCUT2D eigenvalue weighted by molar-refractivity contribution is -0.141. The summed E-state index contributed by atoms with van der Waals surface area (Å²) in [5, 5.41) is 11.3. The lowest BCUT2D eigenvalue weighted by atomic mass is 9.89. The number of nitrogens with zero attached hydrogens (tertiary/aromatic N) is 2. The Labute approximate surface area is 179 Å². The normalized spacial score (nSPS) is 16.8. The summed E-state index contributed by atoms with van der Waals surface area (Å²) in [5.41, 5.74) is 0.560. The zero-order chi connectivity index (χ0) is 21.6. The Bertz CT molecular complexity index is 1220. The fourth-order valence-electron chi connectivity index (χ4n) is 4.05. The molecule has 0 spiro atoms. The molecule has 0 fully saturated rings. The van der Waals surface area contributed by atoms with Crippen molar-refractivity contribution in [1.29, 1.82) is 0 Å². The third-order valence-corrected chi connectivity index (χ3v) is 6.82. The van der Waals surface area contributed by atoms with Crippen molar-refractivity contribution in [2.45, 2.75) is 25.1 Å². The molecule has 0 saturated carbocycles. The van der Waals surface area contributed by atoms with E-state index in [2.05, 4.69) is 33.7 Å². The number of benzene rings is 2. The number of rotatable bonds is 2. The molecule has 0 amide bonds. The van der Waals surface area contributed by atoms with Gasteiger partial charge in [0.2, 0.25) is 0 Å². The van der Waals surface area contributed by atoms with Crippen molar-refractivity contribution in [2.75, 3.05) is 6.54 Å². The topological polar surface area (TPSA) is 37.8 Å². The Morgan fingerprint density at radius 3 is 2.58 bits per heavy atom. The van der Waals surface area contributed by atoms with Gasteiger partial charge in [-0.25, -0.2) is 4.39 Å². The van der Waals surface area contributed by atoms with Gasteiger partial charge in [-0.3, -0.25) is 0 Å². The molecule has 0 radical (unpaired) electrons. The van der Waals surface area contributed by atoms with E-state index in [1.54, 1.807) is 17.4 Å². The number of fused-ring (bicyclic) bond motifs is 2. The Morgan fingerprint density at radius 1 is 1.00 bits per heavy atom. The van der Waals surface area contributed by atoms with Crippen LogP contribution in [0.15, 0.2) is 54.6 Å². The SMILES string of the molecule is Fc1c(-c2ccc(C(F)(F)F)nn2)ccc2c1CNCCC2c1cc2ccccc2s1. The molecule has 3 nitrogen and oxygen atoms in total. The summed E-state index contributed by atoms with van der Waals surface area (Å²) >= 11 is 1.71. The van der Waals surface area contributed by atoms with Gasteiger partial charge in [0, 0.05) is 33.2 Å². The number of nitrogens with one attached hydrogen (secondary N) is 1. The lowest BCUT2D eigenvalue weighted by Crippen LogP contribution is -2.13. The molecule has 1 aliphatic rings. The zero-order valence-corrected chi connectivity index (χ0v) is 17.0. The molecule has 4 aromatic rings. The van der Waals surface area contributed by atoms with Crippen molar-refractivity contribution in [3.8, 4) is 11.3 Å². The van der Waals surface area contributed by atoms with E-state index in [0.717, 1.165) is 30.7 Å². The highest BCUT2D eigenvalue weighted by Gasteiger charge is 2.33. The summed E-state index contributed by atoms with van der Waals surface area (Å²) in [4.78, 5) is 1.17. The number of alkyl halides is 3. The molecule has 3 heterocycles. The molecule has 158 valence electrons. The Kier molecular flexibility index (Phi) is 4.98. The number of thiophene rings is 1. The first-order chi connectivity index (χ1) is 14.9. The first-order valence-electron chi connectivity index (χ1n) is 9.83. The Hall–Kier alpha value is -2.84. The third-order valence-electron chi connectivity index (χ3n) is 5.59. The fraction of sp³-hybridized carbons (Fsp3) is 0.217. The smallest absolute Gasteiger partial charge is 0.313 e. The molecule has 0 bridgehead atoms. The highest BCUT2D eigenvalue weighted by atomic mass is 32.1. The summed E-state index contributed by atoms with van der Waals surface area (Å²) in [5.74, 6) is -0.420. The monoisotopic (exact) mass is 443 g/mol. The third kappa shape index (κ3) is 3.70. The van der Waals surface area contributed by atoms with Gasteiger partial charge in [0.15, 0.2) is 5.69 Å². The maximum Gasteiger partial charge on any atom is 0.435 e. The minimum absolute atomic E-state index is 0.0460. The average molecular weight is 443 g/mol. The van der Waals surface area contributed by atoms with Gasteiger partial charge in [-0.2, -0.15) is 13.2 Å². The van der Waals surface area contributed by atoms with Crippen LogP contribution in [0.25, 0.3) is 21.3 Å². The summed E-state index contributed by atoms with van der Waals surface area (Å²) in [6, 6.07) is 15.8. The van der Waals surface area contributed by atoms with Crippen LogP contribution < -0.4 is 5.32 Å². The maximum absolute atomic E-state index is 15.5. The molecular formula is C23H17F4N3S. The average Bonchev–Trinajstić information content (AvgIpc) is 3.06. The van der Waals surface area contributed by atoms with Crippen molar-refractivity contribution in [1.82, 2.24) is 15.5 Å². The van der Waals surface area contributed by atoms with E-state index in [4.69, 9.17) is 0 Å². The van der Waals surface area contributed by atoms with Gasteiger partial charge < -0.3 is 5.32 Å². The van der Waals surface area contributed by atoms with Crippen LogP contribution in [-0.2, 0) is 12.7 Å². The highest BCUT2D eigenvalue weighted by Crippen LogP contribution is 2.40. The highest BCUT2D eigenvalue weighted by molar-refractivity contribution is 7.19. The van der Waals surface area contributed by atoms with Crippen LogP contribution in [0.3, 0.4) is 0 Å². The molecule has 2 aromatic carbocycles. The molecule has 8 heteroatoms. The molecule has 2 aromatic heterocycles. The van der Waals surface area contributed by atoms with Gasteiger partial charge in [-0.05, 0) is 54.2 Å². The van der Waals surface area contributed by atoms with Crippen molar-refractivity contribution < 1.29 is 17.6 Å². The van der Waals surface area contributed by atoms with Gasteiger partial charge in [0.25, 0.3) is 0 Å². The van der Waals surface area contributed by atoms with E-state index in [0.29, 0.717) is 12.1 Å². The predicted molar refractivity (Wildman–Crippen MR) is 112 cm³/mol. The van der Waals surface area contributed by atoms with Crippen molar-refractivity contribution >= 4 is 21.4 Å². The van der Waals surface area contributed by atoms with Crippen molar-refractivity contribution in [2.24, 2.45) is 0 Å². The largest absolute Gasteiger partial charge is 0.435 e. The molecule has 1 atom stereocenters. The first kappa shape index (κ1) is 20.1. The number of hydrogen-bond donors (Lipinski definition) is 1. The van der Waals surface area contributed by atoms with E-state index in [9.17, 15) is 13.2 Å². The van der Waals surface area contributed by atoms with Crippen molar-refractivity contribution in [3.05, 3.63) is 82.1 Å². The second kappa shape index (κ2) is 7.69. The predicted octanol–water partition coefficient (Wildman–Crippen LogP) is 6.14. The van der Waals surface area contributed by atoms with Crippen LogP contribution in [0, 0.1) is 5.82 Å². The van der Waals surface area contributed by atoms with E-state index < -0.39 is 17.7 Å². The molecule has 0 aliphatic carbocycles. The van der Waals surface area contributed by atoms with Gasteiger partial charge in [0.1, 0.15) is 5.82 Å². The van der Waals surface area contributed by atoms with E-state index >= 15 is 4.39 Å². The van der Waals surface area contributed by atoms with E-state index in [-0.39, 0.29) is 17.2 Å². The van der Waals surface area contributed by atoms with Gasteiger partial charge >= 0.3 is 6.18 Å². The van der Waals surface area contributed by atoms with Crippen LogP contribution in [0.4, 0.5) is 17.6 Å². The number of aromatic nitrogens is 2. The molecule has 1 aliphatic heterocycles. The minimum atomic E-state index is -4.58. The molecule has 0 saturated heterocycles. The summed E-state index contributed by atoms with van der Waals surface area (Å²) in [6.07, 6.45) is -3.75. The lowest BCUT2D eigenvalue weighted by Gasteiger charge is -2.18. The molecule has 5 rings (SSSR count). The van der Waals surface area contributed by atoms with Crippen molar-refractivity contribution in [3.63, 3.8) is 0 Å². The molecule has 31 heavy (non-hydrogen) atoms. The fourth-order valence-corrected chi connectivity index (χ4v) is 5.27. The summed E-state index contributed by atoms with van der Waals surface area (Å²) in [6.45, 7) is 1.09. The zero-order valence-electron chi connectivity index (χ0n) is 16.2. The van der Waals surface area contributed by atoms with Crippen LogP contribution >= 0.6 is 11.3 Å². The second-order valence-electron chi connectivity index (χ2n) is 7.50. The Balaban J connectivity index is 1.57. The quantitative estimate of drug-likeness (QED) is 0.378. The van der Waals surface area contributed by atoms with E-state index in [1.165, 1.54) is 15.0 Å². The number of halogens is 4. The number of hydrogen-bond acceptors (Lipinski definition) is 4.